The van der Waals surface area contributed by atoms with E-state index < -0.39 is 0 Å². The molecule has 2 N–H and O–H groups in total. The van der Waals surface area contributed by atoms with E-state index in [1.807, 2.05) is 0 Å². The van der Waals surface area contributed by atoms with Gasteiger partial charge in [0.05, 0.1) is 0 Å². The Hall–Kier alpha value is -0.860. The minimum atomic E-state index is 0.289. The van der Waals surface area contributed by atoms with Crippen LogP contribution in [-0.2, 0) is 6.54 Å². The van der Waals surface area contributed by atoms with E-state index in [4.69, 9.17) is 5.73 Å². The van der Waals surface area contributed by atoms with Crippen LogP contribution < -0.4 is 5.73 Å². The molecule has 0 spiro atoms. The highest BCUT2D eigenvalue weighted by atomic mass is 15.1. The summed E-state index contributed by atoms with van der Waals surface area (Å²) >= 11 is 0. The standard InChI is InChI=1S/C16H26N2/c1-12-5-6-14(13(2)9-12)10-18-8-7-16(3,4)15(17)11-18/h5-6,9,15H,7-8,10-11,17H2,1-4H3. The van der Waals surface area contributed by atoms with Crippen LogP contribution in [0, 0.1) is 19.3 Å². The Labute approximate surface area is 111 Å². The van der Waals surface area contributed by atoms with Gasteiger partial charge >= 0.3 is 0 Å². The Balaban J connectivity index is 2.03. The van der Waals surface area contributed by atoms with Crippen molar-refractivity contribution in [1.29, 1.82) is 0 Å². The zero-order valence-electron chi connectivity index (χ0n) is 12.2. The summed E-state index contributed by atoms with van der Waals surface area (Å²) in [6.07, 6.45) is 1.19. The molecular formula is C16H26N2. The molecule has 0 saturated carbocycles. The van der Waals surface area contributed by atoms with Crippen molar-refractivity contribution in [2.24, 2.45) is 11.1 Å². The maximum absolute atomic E-state index is 6.28. The molecular weight excluding hydrogens is 220 g/mol. The summed E-state index contributed by atoms with van der Waals surface area (Å²) in [4.78, 5) is 2.49. The van der Waals surface area contributed by atoms with Gasteiger partial charge in [-0.2, -0.15) is 0 Å². The predicted molar refractivity (Wildman–Crippen MR) is 77.6 cm³/mol. The Bertz CT molecular complexity index is 423. The molecule has 0 aliphatic carbocycles. The molecule has 1 aliphatic heterocycles. The van der Waals surface area contributed by atoms with Crippen LogP contribution in [0.4, 0.5) is 0 Å². The monoisotopic (exact) mass is 246 g/mol. The van der Waals surface area contributed by atoms with Crippen molar-refractivity contribution < 1.29 is 0 Å². The number of benzene rings is 1. The molecule has 1 unspecified atom stereocenters. The van der Waals surface area contributed by atoms with Crippen LogP contribution >= 0.6 is 0 Å². The number of nitrogens with zero attached hydrogens (tertiary/aromatic N) is 1. The first-order valence-electron chi connectivity index (χ1n) is 6.92. The van der Waals surface area contributed by atoms with Crippen molar-refractivity contribution in [3.8, 4) is 0 Å². The molecule has 1 aromatic carbocycles. The van der Waals surface area contributed by atoms with E-state index in [1.54, 1.807) is 0 Å². The van der Waals surface area contributed by atoms with Gasteiger partial charge < -0.3 is 5.73 Å². The molecule has 1 fully saturated rings. The molecule has 2 nitrogen and oxygen atoms in total. The van der Waals surface area contributed by atoms with E-state index in [-0.39, 0.29) is 6.04 Å². The molecule has 18 heavy (non-hydrogen) atoms. The van der Waals surface area contributed by atoms with Crippen molar-refractivity contribution in [3.63, 3.8) is 0 Å². The second-order valence-corrected chi connectivity index (χ2v) is 6.51. The first-order valence-corrected chi connectivity index (χ1v) is 6.92. The molecule has 1 heterocycles. The first-order chi connectivity index (χ1) is 8.38. The van der Waals surface area contributed by atoms with Crippen LogP contribution in [0.25, 0.3) is 0 Å². The summed E-state index contributed by atoms with van der Waals surface area (Å²) in [5, 5.41) is 0. The summed E-state index contributed by atoms with van der Waals surface area (Å²) in [7, 11) is 0. The molecule has 1 saturated heterocycles. The van der Waals surface area contributed by atoms with E-state index in [1.165, 1.54) is 23.1 Å². The van der Waals surface area contributed by atoms with Crippen LogP contribution in [0.5, 0.6) is 0 Å². The number of hydrogen-bond donors (Lipinski definition) is 1. The van der Waals surface area contributed by atoms with Gasteiger partial charge in [0.2, 0.25) is 0 Å². The van der Waals surface area contributed by atoms with Gasteiger partial charge in [-0.05, 0) is 43.4 Å². The number of nitrogens with two attached hydrogens (primary N) is 1. The van der Waals surface area contributed by atoms with E-state index in [9.17, 15) is 0 Å². The second kappa shape index (κ2) is 5.02. The van der Waals surface area contributed by atoms with Gasteiger partial charge in [-0.15, -0.1) is 0 Å². The predicted octanol–water partition coefficient (Wildman–Crippen LogP) is 2.86. The lowest BCUT2D eigenvalue weighted by atomic mass is 9.78. The lowest BCUT2D eigenvalue weighted by Gasteiger charge is -2.42. The molecule has 0 bridgehead atoms. The van der Waals surface area contributed by atoms with Gasteiger partial charge in [0, 0.05) is 19.1 Å². The third-order valence-electron chi connectivity index (χ3n) is 4.42. The Morgan fingerprint density at radius 2 is 2.06 bits per heavy atom. The quantitative estimate of drug-likeness (QED) is 0.869. The molecule has 0 amide bonds. The minimum Gasteiger partial charge on any atom is -0.326 e. The number of rotatable bonds is 2. The third kappa shape index (κ3) is 2.93. The lowest BCUT2D eigenvalue weighted by molar-refractivity contribution is 0.101. The molecule has 1 aromatic rings. The summed E-state index contributed by atoms with van der Waals surface area (Å²) in [5.74, 6) is 0. The summed E-state index contributed by atoms with van der Waals surface area (Å²) in [6, 6.07) is 7.02. The largest absolute Gasteiger partial charge is 0.326 e. The van der Waals surface area contributed by atoms with Crippen LogP contribution in [-0.4, -0.2) is 24.0 Å². The second-order valence-electron chi connectivity index (χ2n) is 6.51. The van der Waals surface area contributed by atoms with Crippen molar-refractivity contribution in [3.05, 3.63) is 34.9 Å². The van der Waals surface area contributed by atoms with Crippen LogP contribution in [0.2, 0.25) is 0 Å². The van der Waals surface area contributed by atoms with Crippen LogP contribution in [0.15, 0.2) is 18.2 Å². The molecule has 0 radical (unpaired) electrons. The number of hydrogen-bond acceptors (Lipinski definition) is 2. The van der Waals surface area contributed by atoms with Gasteiger partial charge in [0.15, 0.2) is 0 Å². The summed E-state index contributed by atoms with van der Waals surface area (Å²) < 4.78 is 0. The highest BCUT2D eigenvalue weighted by Gasteiger charge is 2.32. The van der Waals surface area contributed by atoms with Gasteiger partial charge in [-0.25, -0.2) is 0 Å². The minimum absolute atomic E-state index is 0.289. The number of likely N-dealkylation sites (tertiary alicyclic amines) is 1. The average molecular weight is 246 g/mol. The summed E-state index contributed by atoms with van der Waals surface area (Å²) in [6.45, 7) is 12.1. The van der Waals surface area contributed by atoms with E-state index in [0.717, 1.165) is 19.6 Å². The fourth-order valence-corrected chi connectivity index (χ4v) is 2.66. The zero-order chi connectivity index (χ0) is 13.3. The average Bonchev–Trinajstić information content (AvgIpc) is 2.28. The summed E-state index contributed by atoms with van der Waals surface area (Å²) in [5.41, 5.74) is 10.7. The topological polar surface area (TPSA) is 29.3 Å². The van der Waals surface area contributed by atoms with Crippen molar-refractivity contribution in [2.75, 3.05) is 13.1 Å². The fourth-order valence-electron chi connectivity index (χ4n) is 2.66. The normalized spacial score (nSPS) is 24.2. The fraction of sp³-hybridized carbons (Fsp3) is 0.625. The smallest absolute Gasteiger partial charge is 0.0237 e. The van der Waals surface area contributed by atoms with Gasteiger partial charge in [-0.3, -0.25) is 4.90 Å². The molecule has 0 aromatic heterocycles. The van der Waals surface area contributed by atoms with Crippen molar-refractivity contribution >= 4 is 0 Å². The van der Waals surface area contributed by atoms with Gasteiger partial charge in [-0.1, -0.05) is 37.6 Å². The Kier molecular flexibility index (Phi) is 3.79. The first kappa shape index (κ1) is 13.6. The van der Waals surface area contributed by atoms with E-state index in [2.05, 4.69) is 50.8 Å². The third-order valence-corrected chi connectivity index (χ3v) is 4.42. The van der Waals surface area contributed by atoms with Crippen LogP contribution in [0.1, 0.15) is 37.0 Å². The Morgan fingerprint density at radius 1 is 1.33 bits per heavy atom. The maximum Gasteiger partial charge on any atom is 0.0237 e. The zero-order valence-corrected chi connectivity index (χ0v) is 12.2. The molecule has 1 aliphatic rings. The van der Waals surface area contributed by atoms with Crippen LogP contribution in [0.3, 0.4) is 0 Å². The number of aryl methyl sites for hydroxylation is 2. The highest BCUT2D eigenvalue weighted by molar-refractivity contribution is 5.30. The molecule has 1 atom stereocenters. The number of piperidine rings is 1. The van der Waals surface area contributed by atoms with Gasteiger partial charge in [0.25, 0.3) is 0 Å². The lowest BCUT2D eigenvalue weighted by Crippen LogP contribution is -2.52. The SMILES string of the molecule is Cc1ccc(CN2CCC(C)(C)C(N)C2)c(C)c1. The van der Waals surface area contributed by atoms with Gasteiger partial charge in [0.1, 0.15) is 0 Å². The van der Waals surface area contributed by atoms with E-state index in [0.29, 0.717) is 5.41 Å². The highest BCUT2D eigenvalue weighted by Crippen LogP contribution is 2.29. The Morgan fingerprint density at radius 3 is 2.67 bits per heavy atom. The maximum atomic E-state index is 6.28. The molecule has 2 heteroatoms. The van der Waals surface area contributed by atoms with Crippen molar-refractivity contribution in [2.45, 2.75) is 46.7 Å². The molecule has 100 valence electrons. The molecule has 2 rings (SSSR count). The van der Waals surface area contributed by atoms with Crippen molar-refractivity contribution in [1.82, 2.24) is 4.90 Å². The van der Waals surface area contributed by atoms with E-state index >= 15 is 0 Å².